The number of aromatic nitrogens is 4. The molecule has 2 aromatic heterocycles. The van der Waals surface area contributed by atoms with Crippen LogP contribution in [0.4, 0.5) is 13.2 Å². The van der Waals surface area contributed by atoms with Gasteiger partial charge in [-0.25, -0.2) is 9.67 Å². The number of nitrogens with zero attached hydrogens (tertiary/aromatic N) is 3. The molecule has 0 aliphatic rings. The second kappa shape index (κ2) is 6.56. The number of aliphatic hydroxyl groups is 1. The van der Waals surface area contributed by atoms with E-state index in [9.17, 15) is 23.1 Å². The van der Waals surface area contributed by atoms with Crippen molar-refractivity contribution >= 4 is 11.0 Å². The fraction of sp³-hybridized carbons (Fsp3) is 0.353. The average Bonchev–Trinajstić information content (AvgIpc) is 2.94. The smallest absolute Gasteiger partial charge is 0.390 e. The average molecular weight is 366 g/mol. The monoisotopic (exact) mass is 366 g/mol. The van der Waals surface area contributed by atoms with Gasteiger partial charge < -0.3 is 10.1 Å². The number of benzene rings is 1. The molecule has 0 aliphatic carbocycles. The summed E-state index contributed by atoms with van der Waals surface area (Å²) in [6.45, 7) is 3.03. The number of aromatic amines is 1. The van der Waals surface area contributed by atoms with Crippen molar-refractivity contribution in [1.29, 1.82) is 0 Å². The van der Waals surface area contributed by atoms with Crippen LogP contribution in [0, 0.1) is 6.92 Å². The molecule has 0 radical (unpaired) electrons. The van der Waals surface area contributed by atoms with E-state index in [1.54, 1.807) is 6.92 Å². The Balaban J connectivity index is 2.16. The number of aryl methyl sites for hydroxylation is 1. The maximum atomic E-state index is 12.8. The Bertz CT molecular complexity index is 990. The Kier molecular flexibility index (Phi) is 4.57. The first-order valence-electron chi connectivity index (χ1n) is 8.02. The molecule has 0 aliphatic heterocycles. The van der Waals surface area contributed by atoms with Gasteiger partial charge in [0.2, 0.25) is 0 Å². The molecule has 6 nitrogen and oxygen atoms in total. The summed E-state index contributed by atoms with van der Waals surface area (Å²) in [7, 11) is 0. The molecular weight excluding hydrogens is 349 g/mol. The number of H-pyrrole nitrogens is 1. The van der Waals surface area contributed by atoms with Crippen LogP contribution in [0.2, 0.25) is 0 Å². The molecular formula is C17H17F3N4O2. The van der Waals surface area contributed by atoms with Gasteiger partial charge in [-0.2, -0.15) is 18.3 Å². The lowest BCUT2D eigenvalue weighted by atomic mass is 10.0. The molecule has 1 aromatic carbocycles. The molecule has 2 N–H and O–H groups in total. The Morgan fingerprint density at radius 1 is 1.27 bits per heavy atom. The fourth-order valence-corrected chi connectivity index (χ4v) is 3.00. The number of fused-ring (bicyclic) bond motifs is 1. The summed E-state index contributed by atoms with van der Waals surface area (Å²) in [6.07, 6.45) is -3.89. The molecule has 0 bridgehead atoms. The molecule has 3 rings (SSSR count). The van der Waals surface area contributed by atoms with Gasteiger partial charge in [0.25, 0.3) is 5.56 Å². The van der Waals surface area contributed by atoms with Crippen LogP contribution in [0.25, 0.3) is 11.0 Å². The molecule has 2 heterocycles. The van der Waals surface area contributed by atoms with Crippen LogP contribution in [0.15, 0.2) is 29.1 Å². The normalized spacial score (nSPS) is 13.3. The summed E-state index contributed by atoms with van der Waals surface area (Å²) in [5.41, 5.74) is -0.0664. The predicted molar refractivity (Wildman–Crippen MR) is 88.7 cm³/mol. The third kappa shape index (κ3) is 3.10. The third-order valence-electron chi connectivity index (χ3n) is 4.21. The molecule has 0 fully saturated rings. The van der Waals surface area contributed by atoms with Crippen LogP contribution in [0.3, 0.4) is 0 Å². The molecule has 0 saturated carbocycles. The van der Waals surface area contributed by atoms with E-state index in [2.05, 4.69) is 15.1 Å². The van der Waals surface area contributed by atoms with Crippen molar-refractivity contribution in [2.24, 2.45) is 0 Å². The van der Waals surface area contributed by atoms with Gasteiger partial charge in [0, 0.05) is 0 Å². The molecule has 0 spiro atoms. The number of aliphatic hydroxyl groups excluding tert-OH is 1. The van der Waals surface area contributed by atoms with Gasteiger partial charge in [-0.3, -0.25) is 4.79 Å². The summed E-state index contributed by atoms with van der Waals surface area (Å²) in [5.74, 6) is 0.385. The van der Waals surface area contributed by atoms with E-state index in [-0.39, 0.29) is 11.1 Å². The van der Waals surface area contributed by atoms with E-state index in [0.29, 0.717) is 23.5 Å². The van der Waals surface area contributed by atoms with Gasteiger partial charge in [-0.05, 0) is 31.0 Å². The number of hydrogen-bond acceptors (Lipinski definition) is 4. The zero-order valence-electron chi connectivity index (χ0n) is 14.1. The second-order valence-corrected chi connectivity index (χ2v) is 5.94. The van der Waals surface area contributed by atoms with Gasteiger partial charge in [0.1, 0.15) is 16.9 Å². The van der Waals surface area contributed by atoms with E-state index in [0.717, 1.165) is 12.1 Å². The Morgan fingerprint density at radius 2 is 1.92 bits per heavy atom. The highest BCUT2D eigenvalue weighted by atomic mass is 19.4. The van der Waals surface area contributed by atoms with Crippen LogP contribution in [-0.4, -0.2) is 24.9 Å². The highest BCUT2D eigenvalue weighted by Crippen LogP contribution is 2.32. The fourth-order valence-electron chi connectivity index (χ4n) is 3.00. The number of halogens is 3. The number of nitrogens with one attached hydrogen (secondary N) is 1. The van der Waals surface area contributed by atoms with Crippen molar-refractivity contribution in [3.05, 3.63) is 57.3 Å². The summed E-state index contributed by atoms with van der Waals surface area (Å²) in [4.78, 5) is 19.1. The number of hydrogen-bond donors (Lipinski definition) is 2. The zero-order valence-corrected chi connectivity index (χ0v) is 14.1. The minimum Gasteiger partial charge on any atom is -0.390 e. The summed E-state index contributed by atoms with van der Waals surface area (Å²) in [5, 5.41) is 14.0. The second-order valence-electron chi connectivity index (χ2n) is 5.94. The van der Waals surface area contributed by atoms with Crippen molar-refractivity contribution in [3.63, 3.8) is 0 Å². The quantitative estimate of drug-likeness (QED) is 0.744. The first-order valence-corrected chi connectivity index (χ1v) is 8.02. The van der Waals surface area contributed by atoms with Crippen molar-refractivity contribution < 1.29 is 18.3 Å². The van der Waals surface area contributed by atoms with Crippen molar-refractivity contribution in [3.8, 4) is 0 Å². The maximum absolute atomic E-state index is 12.8. The predicted octanol–water partition coefficient (Wildman–Crippen LogP) is 2.94. The topological polar surface area (TPSA) is 83.8 Å². The lowest BCUT2D eigenvalue weighted by Crippen LogP contribution is -2.15. The van der Waals surface area contributed by atoms with E-state index >= 15 is 0 Å². The number of alkyl halides is 3. The SMILES string of the molecule is CCC(c1ccc(C(F)(F)F)cc1)n1nc(CO)c2c(=O)[nH]c(C)nc21. The Hall–Kier alpha value is -2.68. The van der Waals surface area contributed by atoms with Gasteiger partial charge >= 0.3 is 6.18 Å². The Morgan fingerprint density at radius 3 is 2.46 bits per heavy atom. The molecule has 9 heteroatoms. The molecule has 3 aromatic rings. The minimum atomic E-state index is -4.41. The molecule has 1 unspecified atom stereocenters. The van der Waals surface area contributed by atoms with Crippen LogP contribution in [0.1, 0.15) is 42.0 Å². The van der Waals surface area contributed by atoms with Crippen molar-refractivity contribution in [1.82, 2.24) is 19.7 Å². The summed E-state index contributed by atoms with van der Waals surface area (Å²) in [6, 6.07) is 4.39. The molecule has 1 atom stereocenters. The van der Waals surface area contributed by atoms with Crippen LogP contribution < -0.4 is 5.56 Å². The molecule has 26 heavy (non-hydrogen) atoms. The minimum absolute atomic E-state index is 0.180. The first kappa shape index (κ1) is 18.1. The van der Waals surface area contributed by atoms with E-state index < -0.39 is 29.9 Å². The van der Waals surface area contributed by atoms with Crippen LogP contribution in [-0.2, 0) is 12.8 Å². The molecule has 138 valence electrons. The van der Waals surface area contributed by atoms with E-state index in [1.807, 2.05) is 6.92 Å². The first-order chi connectivity index (χ1) is 12.3. The van der Waals surface area contributed by atoms with Gasteiger partial charge in [-0.15, -0.1) is 0 Å². The summed E-state index contributed by atoms with van der Waals surface area (Å²) >= 11 is 0. The third-order valence-corrected chi connectivity index (χ3v) is 4.21. The van der Waals surface area contributed by atoms with Gasteiger partial charge in [-0.1, -0.05) is 19.1 Å². The number of rotatable bonds is 4. The largest absolute Gasteiger partial charge is 0.416 e. The van der Waals surface area contributed by atoms with Gasteiger partial charge in [0.15, 0.2) is 5.65 Å². The lowest BCUT2D eigenvalue weighted by molar-refractivity contribution is -0.137. The Labute approximate surface area is 146 Å². The summed E-state index contributed by atoms with van der Waals surface area (Å²) < 4.78 is 39.8. The van der Waals surface area contributed by atoms with E-state index in [4.69, 9.17) is 0 Å². The highest BCUT2D eigenvalue weighted by molar-refractivity contribution is 5.77. The zero-order chi connectivity index (χ0) is 19.1. The van der Waals surface area contributed by atoms with Crippen molar-refractivity contribution in [2.45, 2.75) is 39.1 Å². The lowest BCUT2D eigenvalue weighted by Gasteiger charge is -2.18. The van der Waals surface area contributed by atoms with Crippen LogP contribution in [0.5, 0.6) is 0 Å². The van der Waals surface area contributed by atoms with Crippen LogP contribution >= 0.6 is 0 Å². The molecule has 0 saturated heterocycles. The van der Waals surface area contributed by atoms with Gasteiger partial charge in [0.05, 0.1) is 18.2 Å². The molecule has 0 amide bonds. The standard InChI is InChI=1S/C17H17F3N4O2/c1-3-13(10-4-6-11(7-5-10)17(18,19)20)24-15-14(12(8-25)23-24)16(26)22-9(2)21-15/h4-7,13,25H,3,8H2,1-2H3,(H,21,22,26). The highest BCUT2D eigenvalue weighted by Gasteiger charge is 2.30. The van der Waals surface area contributed by atoms with Crippen molar-refractivity contribution in [2.75, 3.05) is 0 Å². The van der Waals surface area contributed by atoms with E-state index in [1.165, 1.54) is 16.8 Å². The maximum Gasteiger partial charge on any atom is 0.416 e.